The molecular weight excluding hydrogens is 312 g/mol. The molecule has 1 aliphatic rings. The van der Waals surface area contributed by atoms with Crippen LogP contribution in [0.2, 0.25) is 0 Å². The molecule has 0 aromatic carbocycles. The Morgan fingerprint density at radius 1 is 1.48 bits per heavy atom. The van der Waals surface area contributed by atoms with Gasteiger partial charge in [0.2, 0.25) is 0 Å². The Morgan fingerprint density at radius 2 is 2.22 bits per heavy atom. The molecule has 1 amide bonds. The molecule has 120 valence electrons. The van der Waals surface area contributed by atoms with Gasteiger partial charge in [-0.2, -0.15) is 10.4 Å². The quantitative estimate of drug-likeness (QED) is 0.840. The summed E-state index contributed by atoms with van der Waals surface area (Å²) in [5.74, 6) is 0.637. The van der Waals surface area contributed by atoms with Crippen molar-refractivity contribution in [3.63, 3.8) is 0 Å². The minimum Gasteiger partial charge on any atom is -0.281 e. The molecule has 2 aromatic heterocycles. The number of amides is 1. The molecular formula is C15H18N6OS. The fraction of sp³-hybridized carbons (Fsp3) is 0.467. The monoisotopic (exact) mass is 330 g/mol. The van der Waals surface area contributed by atoms with Gasteiger partial charge in [-0.1, -0.05) is 12.8 Å². The molecule has 23 heavy (non-hydrogen) atoms. The van der Waals surface area contributed by atoms with Gasteiger partial charge >= 0.3 is 0 Å². The maximum Gasteiger partial charge on any atom is 0.281 e. The number of aryl methyl sites for hydroxylation is 2. The summed E-state index contributed by atoms with van der Waals surface area (Å²) in [5.41, 5.74) is 9.14. The largest absolute Gasteiger partial charge is 0.281 e. The fourth-order valence-electron chi connectivity index (χ4n) is 3.02. The molecule has 8 heteroatoms. The van der Waals surface area contributed by atoms with E-state index in [1.807, 2.05) is 0 Å². The summed E-state index contributed by atoms with van der Waals surface area (Å²) in [4.78, 5) is 17.5. The third-order valence-electron chi connectivity index (χ3n) is 4.17. The van der Waals surface area contributed by atoms with E-state index in [1.165, 1.54) is 24.2 Å². The number of anilines is 1. The van der Waals surface area contributed by atoms with Crippen molar-refractivity contribution in [1.29, 1.82) is 5.26 Å². The first-order chi connectivity index (χ1) is 11.1. The molecule has 0 unspecified atom stereocenters. The minimum atomic E-state index is -0.225. The van der Waals surface area contributed by atoms with Crippen molar-refractivity contribution in [2.24, 2.45) is 7.05 Å². The van der Waals surface area contributed by atoms with Crippen molar-refractivity contribution in [1.82, 2.24) is 20.2 Å². The minimum absolute atomic E-state index is 0.225. The van der Waals surface area contributed by atoms with Crippen molar-refractivity contribution < 1.29 is 4.79 Å². The van der Waals surface area contributed by atoms with Crippen LogP contribution in [0.4, 0.5) is 5.82 Å². The van der Waals surface area contributed by atoms with Crippen LogP contribution in [0.25, 0.3) is 0 Å². The smallest absolute Gasteiger partial charge is 0.281 e. The van der Waals surface area contributed by atoms with Crippen LogP contribution in [0.3, 0.4) is 0 Å². The maximum atomic E-state index is 12.5. The number of hydrazine groups is 1. The molecule has 0 atom stereocenters. The van der Waals surface area contributed by atoms with Gasteiger partial charge in [-0.3, -0.25) is 20.3 Å². The predicted molar refractivity (Wildman–Crippen MR) is 87.1 cm³/mol. The number of hydrogen-bond donors (Lipinski definition) is 2. The molecule has 7 nitrogen and oxygen atoms in total. The summed E-state index contributed by atoms with van der Waals surface area (Å²) < 4.78 is 1.54. The highest BCUT2D eigenvalue weighted by Gasteiger charge is 2.25. The average Bonchev–Trinajstić information content (AvgIpc) is 3.24. The Balaban J connectivity index is 1.74. The topological polar surface area (TPSA) is 95.6 Å². The van der Waals surface area contributed by atoms with Crippen LogP contribution in [0.15, 0.2) is 5.51 Å². The van der Waals surface area contributed by atoms with Gasteiger partial charge in [0.15, 0.2) is 5.82 Å². The third-order valence-corrected chi connectivity index (χ3v) is 5.01. The number of nitrogens with one attached hydrogen (secondary N) is 2. The van der Waals surface area contributed by atoms with Crippen LogP contribution in [0.1, 0.15) is 58.2 Å². The zero-order valence-electron chi connectivity index (χ0n) is 13.1. The number of nitriles is 1. The van der Waals surface area contributed by atoms with Gasteiger partial charge in [-0.15, -0.1) is 11.3 Å². The first kappa shape index (κ1) is 15.5. The van der Waals surface area contributed by atoms with E-state index in [9.17, 15) is 10.1 Å². The molecule has 2 N–H and O–H groups in total. The maximum absolute atomic E-state index is 12.5. The van der Waals surface area contributed by atoms with Crippen LogP contribution in [0.5, 0.6) is 0 Å². The second-order valence-electron chi connectivity index (χ2n) is 5.67. The lowest BCUT2D eigenvalue weighted by atomic mass is 10.0. The lowest BCUT2D eigenvalue weighted by Gasteiger charge is -2.11. The van der Waals surface area contributed by atoms with Gasteiger partial charge < -0.3 is 0 Å². The van der Waals surface area contributed by atoms with E-state index in [1.54, 1.807) is 24.2 Å². The van der Waals surface area contributed by atoms with Crippen LogP contribution >= 0.6 is 11.3 Å². The first-order valence-corrected chi connectivity index (χ1v) is 8.43. The number of aromatic nitrogens is 3. The molecule has 0 radical (unpaired) electrons. The van der Waals surface area contributed by atoms with E-state index in [-0.39, 0.29) is 5.91 Å². The SMILES string of the molecule is Cc1nn(C)c(NNC(=O)c2scnc2C2CCCC2)c1C#N. The Kier molecular flexibility index (Phi) is 4.30. The second kappa shape index (κ2) is 6.38. The molecule has 0 aliphatic heterocycles. The highest BCUT2D eigenvalue weighted by Crippen LogP contribution is 2.36. The van der Waals surface area contributed by atoms with Gasteiger partial charge in [0.05, 0.1) is 16.9 Å². The summed E-state index contributed by atoms with van der Waals surface area (Å²) in [5, 5.41) is 13.4. The van der Waals surface area contributed by atoms with Gasteiger partial charge in [-0.25, -0.2) is 4.98 Å². The van der Waals surface area contributed by atoms with E-state index in [0.717, 1.165) is 18.5 Å². The Morgan fingerprint density at radius 3 is 2.91 bits per heavy atom. The Bertz CT molecular complexity index is 766. The van der Waals surface area contributed by atoms with Crippen molar-refractivity contribution in [3.8, 4) is 6.07 Å². The van der Waals surface area contributed by atoms with E-state index < -0.39 is 0 Å². The summed E-state index contributed by atoms with van der Waals surface area (Å²) in [6, 6.07) is 2.09. The highest BCUT2D eigenvalue weighted by atomic mass is 32.1. The van der Waals surface area contributed by atoms with Gasteiger partial charge in [0.25, 0.3) is 5.91 Å². The van der Waals surface area contributed by atoms with E-state index >= 15 is 0 Å². The van der Waals surface area contributed by atoms with Crippen molar-refractivity contribution >= 4 is 23.1 Å². The molecule has 0 saturated heterocycles. The van der Waals surface area contributed by atoms with Crippen LogP contribution < -0.4 is 10.9 Å². The van der Waals surface area contributed by atoms with E-state index in [4.69, 9.17) is 0 Å². The molecule has 1 fully saturated rings. The van der Waals surface area contributed by atoms with Crippen LogP contribution in [-0.2, 0) is 7.05 Å². The van der Waals surface area contributed by atoms with Gasteiger partial charge in [-0.05, 0) is 19.8 Å². The average molecular weight is 330 g/mol. The molecule has 0 bridgehead atoms. The van der Waals surface area contributed by atoms with E-state index in [0.29, 0.717) is 27.9 Å². The number of rotatable bonds is 4. The predicted octanol–water partition coefficient (Wildman–Crippen LogP) is 2.47. The Hall–Kier alpha value is -2.40. The number of carbonyl (C=O) groups is 1. The first-order valence-electron chi connectivity index (χ1n) is 7.55. The number of carbonyl (C=O) groups excluding carboxylic acids is 1. The summed E-state index contributed by atoms with van der Waals surface area (Å²) in [7, 11) is 1.72. The van der Waals surface area contributed by atoms with Crippen molar-refractivity contribution in [3.05, 3.63) is 27.3 Å². The number of hydrogen-bond acceptors (Lipinski definition) is 6. The van der Waals surface area contributed by atoms with E-state index in [2.05, 4.69) is 27.0 Å². The lowest BCUT2D eigenvalue weighted by molar-refractivity contribution is 0.0965. The summed E-state index contributed by atoms with van der Waals surface area (Å²) in [6.07, 6.45) is 4.58. The highest BCUT2D eigenvalue weighted by molar-refractivity contribution is 7.11. The van der Waals surface area contributed by atoms with Gasteiger partial charge in [0.1, 0.15) is 16.5 Å². The zero-order chi connectivity index (χ0) is 16.4. The number of thiazole rings is 1. The van der Waals surface area contributed by atoms with Crippen molar-refractivity contribution in [2.45, 2.75) is 38.5 Å². The number of nitrogens with zero attached hydrogens (tertiary/aromatic N) is 4. The Labute approximate surface area is 138 Å². The lowest BCUT2D eigenvalue weighted by Crippen LogP contribution is -2.31. The zero-order valence-corrected chi connectivity index (χ0v) is 13.9. The van der Waals surface area contributed by atoms with Crippen LogP contribution in [-0.4, -0.2) is 20.7 Å². The normalized spacial score (nSPS) is 14.7. The molecule has 0 spiro atoms. The third kappa shape index (κ3) is 2.92. The standard InChI is InChI=1S/C15H18N6OS/c1-9-11(7-16)14(21(2)20-9)18-19-15(22)13-12(17-8-23-13)10-5-3-4-6-10/h8,10,18H,3-6H2,1-2H3,(H,19,22). The molecule has 3 rings (SSSR count). The summed E-state index contributed by atoms with van der Waals surface area (Å²) >= 11 is 1.35. The van der Waals surface area contributed by atoms with Crippen molar-refractivity contribution in [2.75, 3.05) is 5.43 Å². The van der Waals surface area contributed by atoms with Gasteiger partial charge in [0, 0.05) is 13.0 Å². The molecule has 1 aliphatic carbocycles. The second-order valence-corrected chi connectivity index (χ2v) is 6.53. The molecule has 2 aromatic rings. The summed E-state index contributed by atoms with van der Waals surface area (Å²) in [6.45, 7) is 1.76. The fourth-order valence-corrected chi connectivity index (χ4v) is 3.79. The van der Waals surface area contributed by atoms with Crippen LogP contribution in [0, 0.1) is 18.3 Å². The molecule has 2 heterocycles. The molecule has 1 saturated carbocycles.